The molecule has 3 heteroatoms. The van der Waals surface area contributed by atoms with E-state index in [0.717, 1.165) is 5.92 Å². The van der Waals surface area contributed by atoms with Crippen LogP contribution in [0.1, 0.15) is 74.0 Å². The molecule has 1 aromatic rings. The van der Waals surface area contributed by atoms with Gasteiger partial charge in [0, 0.05) is 17.0 Å². The lowest BCUT2D eigenvalue weighted by atomic mass is 9.82. The molecule has 1 fully saturated rings. The lowest BCUT2D eigenvalue weighted by Gasteiger charge is -2.32. The van der Waals surface area contributed by atoms with E-state index in [1.807, 2.05) is 11.3 Å². The predicted molar refractivity (Wildman–Crippen MR) is 83.8 cm³/mol. The van der Waals surface area contributed by atoms with Gasteiger partial charge in [-0.3, -0.25) is 0 Å². The molecular weight excluding hydrogens is 252 g/mol. The Morgan fingerprint density at radius 1 is 1.26 bits per heavy atom. The van der Waals surface area contributed by atoms with Crippen molar-refractivity contribution in [1.82, 2.24) is 10.3 Å². The molecule has 19 heavy (non-hydrogen) atoms. The third-order valence-corrected chi connectivity index (χ3v) is 5.71. The number of nitrogens with zero attached hydrogens (tertiary/aromatic N) is 1. The Labute approximate surface area is 122 Å². The molecule has 1 N–H and O–H groups in total. The van der Waals surface area contributed by atoms with Crippen molar-refractivity contribution in [3.05, 3.63) is 15.6 Å². The van der Waals surface area contributed by atoms with E-state index in [1.165, 1.54) is 54.1 Å². The summed E-state index contributed by atoms with van der Waals surface area (Å²) in [6, 6.07) is 1.12. The van der Waals surface area contributed by atoms with Crippen LogP contribution in [0.4, 0.5) is 0 Å². The highest BCUT2D eigenvalue weighted by Crippen LogP contribution is 2.31. The summed E-state index contributed by atoms with van der Waals surface area (Å²) in [6.07, 6.45) is 8.37. The van der Waals surface area contributed by atoms with Crippen molar-refractivity contribution >= 4 is 11.3 Å². The standard InChI is InChI=1S/C16H28N2S/c1-5-15(14-9-7-6-8-10-14)18-12(3)16-11(2)17-13(4)19-16/h12,14-15,18H,5-10H2,1-4H3. The SMILES string of the molecule is CCC(NC(C)c1sc(C)nc1C)C1CCCCC1. The van der Waals surface area contributed by atoms with Crippen LogP contribution in [0, 0.1) is 19.8 Å². The van der Waals surface area contributed by atoms with Crippen molar-refractivity contribution < 1.29 is 0 Å². The number of aryl methyl sites for hydroxylation is 2. The van der Waals surface area contributed by atoms with Crippen LogP contribution < -0.4 is 5.32 Å². The fourth-order valence-electron chi connectivity index (χ4n) is 3.47. The first kappa shape index (κ1) is 15.0. The van der Waals surface area contributed by atoms with Gasteiger partial charge in [0.2, 0.25) is 0 Å². The van der Waals surface area contributed by atoms with Gasteiger partial charge >= 0.3 is 0 Å². The van der Waals surface area contributed by atoms with E-state index in [1.54, 1.807) is 0 Å². The third-order valence-electron chi connectivity index (χ3n) is 4.46. The lowest BCUT2D eigenvalue weighted by molar-refractivity contribution is 0.250. The fraction of sp³-hybridized carbons (Fsp3) is 0.812. The van der Waals surface area contributed by atoms with Gasteiger partial charge in [-0.2, -0.15) is 0 Å². The van der Waals surface area contributed by atoms with Crippen LogP contribution in [0.15, 0.2) is 0 Å². The Morgan fingerprint density at radius 3 is 2.47 bits per heavy atom. The molecular formula is C16H28N2S. The minimum Gasteiger partial charge on any atom is -0.306 e. The van der Waals surface area contributed by atoms with Crippen LogP contribution >= 0.6 is 11.3 Å². The first-order valence-corrected chi connectivity index (χ1v) is 8.63. The molecule has 1 aromatic heterocycles. The Morgan fingerprint density at radius 2 is 1.95 bits per heavy atom. The third kappa shape index (κ3) is 3.79. The summed E-state index contributed by atoms with van der Waals surface area (Å²) in [5.74, 6) is 0.885. The summed E-state index contributed by atoms with van der Waals surface area (Å²) in [7, 11) is 0. The minimum atomic E-state index is 0.443. The molecule has 0 aliphatic heterocycles. The van der Waals surface area contributed by atoms with Gasteiger partial charge < -0.3 is 5.32 Å². The van der Waals surface area contributed by atoms with Crippen molar-refractivity contribution in [2.75, 3.05) is 0 Å². The Bertz CT molecular complexity index is 393. The number of thiazole rings is 1. The maximum Gasteiger partial charge on any atom is 0.0900 e. The highest BCUT2D eigenvalue weighted by molar-refractivity contribution is 7.11. The zero-order valence-electron chi connectivity index (χ0n) is 12.8. The number of hydrogen-bond donors (Lipinski definition) is 1. The van der Waals surface area contributed by atoms with E-state index >= 15 is 0 Å². The second kappa shape index (κ2) is 6.85. The molecule has 0 saturated heterocycles. The smallest absolute Gasteiger partial charge is 0.0900 e. The maximum atomic E-state index is 4.56. The average molecular weight is 280 g/mol. The Hall–Kier alpha value is -0.410. The molecule has 0 radical (unpaired) electrons. The molecule has 2 rings (SSSR count). The van der Waals surface area contributed by atoms with Crippen molar-refractivity contribution in [3.63, 3.8) is 0 Å². The molecule has 2 unspecified atom stereocenters. The monoisotopic (exact) mass is 280 g/mol. The average Bonchev–Trinajstić information content (AvgIpc) is 2.76. The molecule has 0 amide bonds. The van der Waals surface area contributed by atoms with Gasteiger partial charge in [0.05, 0.1) is 10.7 Å². The zero-order chi connectivity index (χ0) is 13.8. The van der Waals surface area contributed by atoms with E-state index in [9.17, 15) is 0 Å². The van der Waals surface area contributed by atoms with E-state index in [-0.39, 0.29) is 0 Å². The van der Waals surface area contributed by atoms with Crippen LogP contribution in [-0.4, -0.2) is 11.0 Å². The summed E-state index contributed by atoms with van der Waals surface area (Å²) in [4.78, 5) is 5.98. The van der Waals surface area contributed by atoms with Crippen molar-refractivity contribution in [3.8, 4) is 0 Å². The zero-order valence-corrected chi connectivity index (χ0v) is 13.6. The quantitative estimate of drug-likeness (QED) is 0.840. The summed E-state index contributed by atoms with van der Waals surface area (Å²) in [6.45, 7) is 8.86. The number of nitrogens with one attached hydrogen (secondary N) is 1. The molecule has 0 spiro atoms. The summed E-state index contributed by atoms with van der Waals surface area (Å²) in [5, 5.41) is 5.06. The predicted octanol–water partition coefficient (Wildman–Crippen LogP) is 4.77. The minimum absolute atomic E-state index is 0.443. The van der Waals surface area contributed by atoms with Crippen LogP contribution in [0.2, 0.25) is 0 Å². The topological polar surface area (TPSA) is 24.9 Å². The molecule has 2 nitrogen and oxygen atoms in total. The van der Waals surface area contributed by atoms with E-state index < -0.39 is 0 Å². The van der Waals surface area contributed by atoms with Crippen LogP contribution in [-0.2, 0) is 0 Å². The second-order valence-electron chi connectivity index (χ2n) is 5.98. The summed E-state index contributed by atoms with van der Waals surface area (Å²) in [5.41, 5.74) is 1.21. The van der Waals surface area contributed by atoms with Gasteiger partial charge in [0.1, 0.15) is 0 Å². The van der Waals surface area contributed by atoms with Crippen molar-refractivity contribution in [2.45, 2.75) is 78.3 Å². The highest BCUT2D eigenvalue weighted by atomic mass is 32.1. The normalized spacial score (nSPS) is 20.4. The number of rotatable bonds is 5. The summed E-state index contributed by atoms with van der Waals surface area (Å²) < 4.78 is 0. The molecule has 1 saturated carbocycles. The molecule has 0 aromatic carbocycles. The van der Waals surface area contributed by atoms with E-state index in [2.05, 4.69) is 38.0 Å². The van der Waals surface area contributed by atoms with Gasteiger partial charge in [-0.1, -0.05) is 26.2 Å². The van der Waals surface area contributed by atoms with Gasteiger partial charge in [-0.25, -0.2) is 4.98 Å². The molecule has 1 aliphatic carbocycles. The molecule has 1 aliphatic rings. The molecule has 108 valence electrons. The number of aromatic nitrogens is 1. The number of hydrogen-bond acceptors (Lipinski definition) is 3. The van der Waals surface area contributed by atoms with Gasteiger partial charge in [0.25, 0.3) is 0 Å². The van der Waals surface area contributed by atoms with Crippen molar-refractivity contribution in [2.24, 2.45) is 5.92 Å². The molecule has 2 atom stereocenters. The highest BCUT2D eigenvalue weighted by Gasteiger charge is 2.24. The first-order valence-electron chi connectivity index (χ1n) is 7.81. The summed E-state index contributed by atoms with van der Waals surface area (Å²) >= 11 is 1.85. The van der Waals surface area contributed by atoms with Gasteiger partial charge in [0.15, 0.2) is 0 Å². The first-order chi connectivity index (χ1) is 9.11. The maximum absolute atomic E-state index is 4.56. The van der Waals surface area contributed by atoms with Crippen LogP contribution in [0.25, 0.3) is 0 Å². The fourth-order valence-corrected chi connectivity index (χ4v) is 4.41. The van der Waals surface area contributed by atoms with E-state index in [0.29, 0.717) is 12.1 Å². The van der Waals surface area contributed by atoms with Crippen molar-refractivity contribution in [1.29, 1.82) is 0 Å². The molecule has 1 heterocycles. The Balaban J connectivity index is 1.99. The van der Waals surface area contributed by atoms with Gasteiger partial charge in [-0.05, 0) is 46.0 Å². The van der Waals surface area contributed by atoms with E-state index in [4.69, 9.17) is 0 Å². The Kier molecular flexibility index (Phi) is 5.40. The van der Waals surface area contributed by atoms with Gasteiger partial charge in [-0.15, -0.1) is 11.3 Å². The lowest BCUT2D eigenvalue weighted by Crippen LogP contribution is -2.38. The largest absolute Gasteiger partial charge is 0.306 e. The second-order valence-corrected chi connectivity index (χ2v) is 7.22. The van der Waals surface area contributed by atoms with Crippen LogP contribution in [0.5, 0.6) is 0 Å². The molecule has 0 bridgehead atoms. The van der Waals surface area contributed by atoms with Crippen LogP contribution in [0.3, 0.4) is 0 Å².